The molecule has 1 aromatic heterocycles. The van der Waals surface area contributed by atoms with Crippen molar-refractivity contribution in [2.24, 2.45) is 0 Å². The summed E-state index contributed by atoms with van der Waals surface area (Å²) < 4.78 is 16.9. The van der Waals surface area contributed by atoms with Crippen molar-refractivity contribution < 1.29 is 19.4 Å². The fourth-order valence-electron chi connectivity index (χ4n) is 2.69. The van der Waals surface area contributed by atoms with E-state index in [4.69, 9.17) is 14.2 Å². The maximum atomic E-state index is 12.3. The van der Waals surface area contributed by atoms with Crippen LogP contribution in [0.1, 0.15) is 0 Å². The molecule has 0 fully saturated rings. The Bertz CT molecular complexity index is 936. The van der Waals surface area contributed by atoms with Crippen molar-refractivity contribution in [1.82, 2.24) is 4.73 Å². The smallest absolute Gasteiger partial charge is 0.203 e. The summed E-state index contributed by atoms with van der Waals surface area (Å²) in [5.74, 6) is 1.32. The van der Waals surface area contributed by atoms with Crippen LogP contribution >= 0.6 is 0 Å². The van der Waals surface area contributed by atoms with Crippen LogP contribution < -0.4 is 19.6 Å². The molecule has 2 aromatic carbocycles. The summed E-state index contributed by atoms with van der Waals surface area (Å²) in [5.41, 5.74) is 1.14. The topological polar surface area (TPSA) is 69.9 Å². The summed E-state index contributed by atoms with van der Waals surface area (Å²) in [6.45, 7) is 0. The van der Waals surface area contributed by atoms with E-state index >= 15 is 0 Å². The van der Waals surface area contributed by atoms with Crippen LogP contribution in [0.2, 0.25) is 0 Å². The lowest BCUT2D eigenvalue weighted by molar-refractivity contribution is 0.202. The normalized spacial score (nSPS) is 10.6. The van der Waals surface area contributed by atoms with E-state index in [1.165, 1.54) is 27.4 Å². The summed E-state index contributed by atoms with van der Waals surface area (Å²) in [6.07, 6.45) is 0. The van der Waals surface area contributed by atoms with Gasteiger partial charge in [0.15, 0.2) is 16.9 Å². The van der Waals surface area contributed by atoms with Crippen LogP contribution in [0.3, 0.4) is 0 Å². The summed E-state index contributed by atoms with van der Waals surface area (Å²) in [5, 5.41) is 11.0. The summed E-state index contributed by atoms with van der Waals surface area (Å²) >= 11 is 0. The van der Waals surface area contributed by atoms with Crippen molar-refractivity contribution >= 4 is 10.9 Å². The van der Waals surface area contributed by atoms with Crippen LogP contribution in [0, 0.1) is 0 Å². The average molecular weight is 327 g/mol. The predicted molar refractivity (Wildman–Crippen MR) is 90.5 cm³/mol. The van der Waals surface area contributed by atoms with Gasteiger partial charge in [0.1, 0.15) is 0 Å². The number of nitrogens with zero attached hydrogens (tertiary/aromatic N) is 1. The first-order chi connectivity index (χ1) is 11.6. The lowest BCUT2D eigenvalue weighted by atomic mass is 10.1. The SMILES string of the molecule is COc1cc(-c2cc(=O)c3ccccc3n2O)cc(OC)c1OC. The van der Waals surface area contributed by atoms with Gasteiger partial charge in [-0.15, -0.1) is 0 Å². The van der Waals surface area contributed by atoms with Gasteiger partial charge in [0.2, 0.25) is 5.75 Å². The number of aromatic nitrogens is 1. The first-order valence-corrected chi connectivity index (χ1v) is 7.25. The first kappa shape index (κ1) is 15.7. The molecule has 0 aliphatic heterocycles. The first-order valence-electron chi connectivity index (χ1n) is 7.25. The molecule has 3 rings (SSSR count). The molecule has 0 amide bonds. The number of hydrogen-bond acceptors (Lipinski definition) is 5. The van der Waals surface area contributed by atoms with E-state index in [0.717, 1.165) is 4.73 Å². The van der Waals surface area contributed by atoms with Crippen LogP contribution in [0.5, 0.6) is 17.2 Å². The Morgan fingerprint density at radius 2 is 1.54 bits per heavy atom. The zero-order valence-corrected chi connectivity index (χ0v) is 13.6. The third-order valence-electron chi connectivity index (χ3n) is 3.85. The third kappa shape index (κ3) is 2.42. The Kier molecular flexibility index (Phi) is 4.04. The number of methoxy groups -OCH3 is 3. The van der Waals surface area contributed by atoms with Gasteiger partial charge in [0, 0.05) is 17.0 Å². The minimum Gasteiger partial charge on any atom is -0.493 e. The highest BCUT2D eigenvalue weighted by Gasteiger charge is 2.17. The van der Waals surface area contributed by atoms with Crippen LogP contribution in [-0.2, 0) is 0 Å². The van der Waals surface area contributed by atoms with Gasteiger partial charge in [-0.3, -0.25) is 4.79 Å². The lowest BCUT2D eigenvalue weighted by Crippen LogP contribution is -2.09. The largest absolute Gasteiger partial charge is 0.493 e. The van der Waals surface area contributed by atoms with Gasteiger partial charge < -0.3 is 19.4 Å². The van der Waals surface area contributed by atoms with E-state index in [-0.39, 0.29) is 5.43 Å². The van der Waals surface area contributed by atoms with E-state index in [1.54, 1.807) is 36.4 Å². The number of hydrogen-bond donors (Lipinski definition) is 1. The van der Waals surface area contributed by atoms with Crippen molar-refractivity contribution in [2.45, 2.75) is 0 Å². The number of benzene rings is 2. The fraction of sp³-hybridized carbons (Fsp3) is 0.167. The fourth-order valence-corrected chi connectivity index (χ4v) is 2.69. The zero-order valence-electron chi connectivity index (χ0n) is 13.6. The lowest BCUT2D eigenvalue weighted by Gasteiger charge is -2.16. The van der Waals surface area contributed by atoms with Crippen LogP contribution in [0.25, 0.3) is 22.2 Å². The predicted octanol–water partition coefficient (Wildman–Crippen LogP) is 2.93. The molecule has 3 aromatic rings. The molecule has 0 aliphatic carbocycles. The monoisotopic (exact) mass is 327 g/mol. The summed E-state index contributed by atoms with van der Waals surface area (Å²) in [7, 11) is 4.53. The Morgan fingerprint density at radius 1 is 0.917 bits per heavy atom. The Morgan fingerprint density at radius 3 is 2.12 bits per heavy atom. The van der Waals surface area contributed by atoms with Crippen LogP contribution in [-0.4, -0.2) is 31.3 Å². The number of pyridine rings is 1. The Hall–Kier alpha value is -3.15. The number of para-hydroxylation sites is 1. The van der Waals surface area contributed by atoms with Gasteiger partial charge >= 0.3 is 0 Å². The molecule has 6 heteroatoms. The van der Waals surface area contributed by atoms with E-state index in [2.05, 4.69) is 0 Å². The van der Waals surface area contributed by atoms with Gasteiger partial charge in [-0.2, -0.15) is 4.73 Å². The summed E-state index contributed by atoms with van der Waals surface area (Å²) in [4.78, 5) is 12.3. The van der Waals surface area contributed by atoms with Gasteiger partial charge in [0.05, 0.1) is 32.5 Å². The van der Waals surface area contributed by atoms with Crippen molar-refractivity contribution in [1.29, 1.82) is 0 Å². The molecular weight excluding hydrogens is 310 g/mol. The minimum absolute atomic E-state index is 0.181. The van der Waals surface area contributed by atoms with Crippen molar-refractivity contribution in [3.8, 4) is 28.5 Å². The van der Waals surface area contributed by atoms with Crippen LogP contribution in [0.15, 0.2) is 47.3 Å². The highest BCUT2D eigenvalue weighted by Crippen LogP contribution is 2.41. The van der Waals surface area contributed by atoms with Crippen molar-refractivity contribution in [2.75, 3.05) is 21.3 Å². The molecule has 0 unspecified atom stereocenters. The third-order valence-corrected chi connectivity index (χ3v) is 3.85. The number of ether oxygens (including phenoxy) is 3. The molecule has 6 nitrogen and oxygen atoms in total. The maximum Gasteiger partial charge on any atom is 0.203 e. The standard InChI is InChI=1S/C18H17NO5/c1-22-16-8-11(9-17(23-2)18(16)24-3)14-10-15(20)12-6-4-5-7-13(12)19(14)21/h4-10,21H,1-3H3. The molecule has 0 radical (unpaired) electrons. The molecule has 0 spiro atoms. The Labute approximate surface area is 138 Å². The number of rotatable bonds is 4. The van der Waals surface area contributed by atoms with E-state index in [1.807, 2.05) is 0 Å². The van der Waals surface area contributed by atoms with E-state index < -0.39 is 0 Å². The quantitative estimate of drug-likeness (QED) is 0.746. The molecule has 0 saturated carbocycles. The molecule has 0 aliphatic rings. The zero-order chi connectivity index (χ0) is 17.3. The molecule has 0 saturated heterocycles. The highest BCUT2D eigenvalue weighted by molar-refractivity contribution is 5.82. The molecule has 1 N–H and O–H groups in total. The molecule has 1 heterocycles. The van der Waals surface area contributed by atoms with E-state index in [9.17, 15) is 10.0 Å². The number of fused-ring (bicyclic) bond motifs is 1. The minimum atomic E-state index is -0.181. The second kappa shape index (κ2) is 6.16. The van der Waals surface area contributed by atoms with Gasteiger partial charge in [0.25, 0.3) is 0 Å². The molecule has 0 atom stereocenters. The molecule has 0 bridgehead atoms. The second-order valence-corrected chi connectivity index (χ2v) is 5.14. The Balaban J connectivity index is 2.32. The van der Waals surface area contributed by atoms with Crippen LogP contribution in [0.4, 0.5) is 0 Å². The van der Waals surface area contributed by atoms with Gasteiger partial charge in [-0.25, -0.2) is 0 Å². The molecule has 124 valence electrons. The molecule has 24 heavy (non-hydrogen) atoms. The summed E-state index contributed by atoms with van der Waals surface area (Å²) in [6, 6.07) is 11.6. The van der Waals surface area contributed by atoms with E-state index in [0.29, 0.717) is 39.4 Å². The van der Waals surface area contributed by atoms with Gasteiger partial charge in [-0.05, 0) is 24.3 Å². The second-order valence-electron chi connectivity index (χ2n) is 5.14. The van der Waals surface area contributed by atoms with Gasteiger partial charge in [-0.1, -0.05) is 12.1 Å². The molecular formula is C18H17NO5. The highest BCUT2D eigenvalue weighted by atomic mass is 16.5. The van der Waals surface area contributed by atoms with Crippen molar-refractivity contribution in [3.63, 3.8) is 0 Å². The van der Waals surface area contributed by atoms with Crippen molar-refractivity contribution in [3.05, 3.63) is 52.7 Å². The average Bonchev–Trinajstić information content (AvgIpc) is 2.63. The maximum absolute atomic E-state index is 12.3.